The summed E-state index contributed by atoms with van der Waals surface area (Å²) in [7, 11) is 1.96. The summed E-state index contributed by atoms with van der Waals surface area (Å²) in [5, 5.41) is 0. The highest BCUT2D eigenvalue weighted by Gasteiger charge is 2.18. The fourth-order valence-electron chi connectivity index (χ4n) is 2.17. The zero-order valence-corrected chi connectivity index (χ0v) is 12.0. The smallest absolute Gasteiger partial charge is 0.323 e. The Bertz CT molecular complexity index is 424. The number of nitrogens with zero attached hydrogens (tertiary/aromatic N) is 4. The third-order valence-electron chi connectivity index (χ3n) is 3.22. The Morgan fingerprint density at radius 2 is 2.10 bits per heavy atom. The number of anilines is 2. The minimum atomic E-state index is 0.282. The molecule has 0 unspecified atom stereocenters. The first-order valence-corrected chi connectivity index (χ1v) is 6.87. The number of nitrogen functional groups attached to an aromatic ring is 1. The maximum absolute atomic E-state index is 5.37. The van der Waals surface area contributed by atoms with Gasteiger partial charge in [0.05, 0.1) is 6.61 Å². The van der Waals surface area contributed by atoms with Gasteiger partial charge in [0.15, 0.2) is 0 Å². The zero-order valence-electron chi connectivity index (χ0n) is 12.0. The van der Waals surface area contributed by atoms with Crippen molar-refractivity contribution in [2.75, 3.05) is 43.7 Å². The van der Waals surface area contributed by atoms with Gasteiger partial charge in [0, 0.05) is 26.8 Å². The van der Waals surface area contributed by atoms with Crippen LogP contribution in [0, 0.1) is 5.92 Å². The van der Waals surface area contributed by atoms with Gasteiger partial charge in [-0.1, -0.05) is 0 Å². The van der Waals surface area contributed by atoms with Crippen LogP contribution in [0.15, 0.2) is 0 Å². The van der Waals surface area contributed by atoms with Crippen LogP contribution in [0.1, 0.15) is 19.8 Å². The Hall–Kier alpha value is -1.67. The lowest BCUT2D eigenvalue weighted by Crippen LogP contribution is -2.31. The second-order valence-corrected chi connectivity index (χ2v) is 4.76. The Labute approximate surface area is 118 Å². The first-order chi connectivity index (χ1) is 9.72. The number of ether oxygens (including phenoxy) is 2. The molecule has 0 bridgehead atoms. The number of nitrogens with one attached hydrogen (secondary N) is 1. The Kier molecular flexibility index (Phi) is 5.31. The van der Waals surface area contributed by atoms with Gasteiger partial charge in [0.25, 0.3) is 0 Å². The Morgan fingerprint density at radius 1 is 1.35 bits per heavy atom. The molecule has 1 aromatic heterocycles. The van der Waals surface area contributed by atoms with E-state index in [4.69, 9.17) is 15.3 Å². The molecule has 0 saturated carbocycles. The van der Waals surface area contributed by atoms with Crippen molar-refractivity contribution in [2.45, 2.75) is 19.8 Å². The highest BCUT2D eigenvalue weighted by Crippen LogP contribution is 2.19. The van der Waals surface area contributed by atoms with E-state index in [0.717, 1.165) is 32.6 Å². The van der Waals surface area contributed by atoms with E-state index in [1.165, 1.54) is 0 Å². The molecule has 1 fully saturated rings. The maximum Gasteiger partial charge on any atom is 0.323 e. The molecule has 8 nitrogen and oxygen atoms in total. The van der Waals surface area contributed by atoms with Crippen molar-refractivity contribution in [1.29, 1.82) is 0 Å². The van der Waals surface area contributed by atoms with E-state index in [1.807, 2.05) is 18.9 Å². The van der Waals surface area contributed by atoms with Gasteiger partial charge in [-0.25, -0.2) is 5.84 Å². The molecular formula is C12H22N6O2. The molecule has 8 heteroatoms. The van der Waals surface area contributed by atoms with E-state index in [1.54, 1.807) is 0 Å². The molecule has 0 radical (unpaired) electrons. The average Bonchev–Trinajstić information content (AvgIpc) is 2.48. The molecule has 1 aromatic rings. The van der Waals surface area contributed by atoms with E-state index in [2.05, 4.69) is 20.4 Å². The number of rotatable bonds is 6. The molecule has 1 saturated heterocycles. The SMILES string of the molecule is CCOc1nc(NN)nc(N(C)CC2CCOCC2)n1. The van der Waals surface area contributed by atoms with E-state index in [-0.39, 0.29) is 6.01 Å². The fraction of sp³-hybridized carbons (Fsp3) is 0.750. The molecule has 0 aromatic carbocycles. The number of aromatic nitrogens is 3. The summed E-state index contributed by atoms with van der Waals surface area (Å²) in [6.45, 7) is 4.91. The molecule has 0 aliphatic carbocycles. The van der Waals surface area contributed by atoms with Crippen LogP contribution in [-0.4, -0.2) is 48.4 Å². The van der Waals surface area contributed by atoms with Crippen LogP contribution >= 0.6 is 0 Å². The number of hydrazine groups is 1. The van der Waals surface area contributed by atoms with Crippen LogP contribution in [0.25, 0.3) is 0 Å². The molecule has 2 heterocycles. The highest BCUT2D eigenvalue weighted by molar-refractivity contribution is 5.37. The van der Waals surface area contributed by atoms with E-state index in [9.17, 15) is 0 Å². The lowest BCUT2D eigenvalue weighted by atomic mass is 10.0. The maximum atomic E-state index is 5.37. The Balaban J connectivity index is 2.06. The number of nitrogens with two attached hydrogens (primary N) is 1. The summed E-state index contributed by atoms with van der Waals surface area (Å²) in [6.07, 6.45) is 2.13. The molecule has 0 amide bonds. The quantitative estimate of drug-likeness (QED) is 0.572. The van der Waals surface area contributed by atoms with Crippen molar-refractivity contribution < 1.29 is 9.47 Å². The van der Waals surface area contributed by atoms with Crippen LogP contribution in [0.4, 0.5) is 11.9 Å². The largest absolute Gasteiger partial charge is 0.464 e. The Morgan fingerprint density at radius 3 is 2.75 bits per heavy atom. The summed E-state index contributed by atoms with van der Waals surface area (Å²) in [5.74, 6) is 6.83. The van der Waals surface area contributed by atoms with E-state index in [0.29, 0.717) is 24.4 Å². The van der Waals surface area contributed by atoms with Crippen molar-refractivity contribution in [3.05, 3.63) is 0 Å². The van der Waals surface area contributed by atoms with Crippen molar-refractivity contribution in [1.82, 2.24) is 15.0 Å². The van der Waals surface area contributed by atoms with Gasteiger partial charge in [0.1, 0.15) is 0 Å². The van der Waals surface area contributed by atoms with Crippen LogP contribution < -0.4 is 20.9 Å². The second-order valence-electron chi connectivity index (χ2n) is 4.76. The molecule has 20 heavy (non-hydrogen) atoms. The highest BCUT2D eigenvalue weighted by atomic mass is 16.5. The summed E-state index contributed by atoms with van der Waals surface area (Å²) in [4.78, 5) is 14.6. The normalized spacial score (nSPS) is 15.9. The molecule has 1 aliphatic rings. The third kappa shape index (κ3) is 3.91. The first-order valence-electron chi connectivity index (χ1n) is 6.87. The van der Waals surface area contributed by atoms with Crippen LogP contribution in [0.5, 0.6) is 6.01 Å². The lowest BCUT2D eigenvalue weighted by Gasteiger charge is -2.27. The minimum absolute atomic E-state index is 0.282. The molecule has 0 spiro atoms. The number of hydrogen-bond acceptors (Lipinski definition) is 8. The fourth-order valence-corrected chi connectivity index (χ4v) is 2.17. The van der Waals surface area contributed by atoms with Gasteiger partial charge >= 0.3 is 6.01 Å². The van der Waals surface area contributed by atoms with Crippen molar-refractivity contribution >= 4 is 11.9 Å². The summed E-state index contributed by atoms with van der Waals surface area (Å²) < 4.78 is 10.7. The van der Waals surface area contributed by atoms with Crippen LogP contribution in [0.3, 0.4) is 0 Å². The summed E-state index contributed by atoms with van der Waals surface area (Å²) in [6, 6.07) is 0.282. The summed E-state index contributed by atoms with van der Waals surface area (Å²) >= 11 is 0. The molecule has 3 N–H and O–H groups in total. The number of hydrogen-bond donors (Lipinski definition) is 2. The molecule has 2 rings (SSSR count). The van der Waals surface area contributed by atoms with E-state index < -0.39 is 0 Å². The monoisotopic (exact) mass is 282 g/mol. The van der Waals surface area contributed by atoms with Crippen LogP contribution in [-0.2, 0) is 4.74 Å². The zero-order chi connectivity index (χ0) is 14.4. The van der Waals surface area contributed by atoms with Crippen molar-refractivity contribution in [2.24, 2.45) is 11.8 Å². The van der Waals surface area contributed by atoms with Gasteiger partial charge in [0.2, 0.25) is 11.9 Å². The summed E-state index contributed by atoms with van der Waals surface area (Å²) in [5.41, 5.74) is 2.44. The molecule has 1 aliphatic heterocycles. The van der Waals surface area contributed by atoms with Crippen molar-refractivity contribution in [3.63, 3.8) is 0 Å². The van der Waals surface area contributed by atoms with Gasteiger partial charge in [-0.2, -0.15) is 15.0 Å². The third-order valence-corrected chi connectivity index (χ3v) is 3.22. The topological polar surface area (TPSA) is 98.4 Å². The van der Waals surface area contributed by atoms with E-state index >= 15 is 0 Å². The first kappa shape index (κ1) is 14.7. The standard InChI is InChI=1S/C12H22N6O2/c1-3-20-12-15-10(17-13)14-11(16-12)18(2)8-9-4-6-19-7-5-9/h9H,3-8,13H2,1-2H3,(H,14,15,16,17). The molecular weight excluding hydrogens is 260 g/mol. The van der Waals surface area contributed by atoms with Gasteiger partial charge in [-0.3, -0.25) is 5.43 Å². The predicted octanol–water partition coefficient (Wildman–Crippen LogP) is 0.419. The molecule has 0 atom stereocenters. The average molecular weight is 282 g/mol. The lowest BCUT2D eigenvalue weighted by molar-refractivity contribution is 0.0684. The van der Waals surface area contributed by atoms with Crippen LogP contribution in [0.2, 0.25) is 0 Å². The second kappa shape index (κ2) is 7.20. The van der Waals surface area contributed by atoms with Crippen molar-refractivity contribution in [3.8, 4) is 6.01 Å². The minimum Gasteiger partial charge on any atom is -0.464 e. The van der Waals surface area contributed by atoms with Gasteiger partial charge in [-0.05, 0) is 25.7 Å². The molecule has 112 valence electrons. The van der Waals surface area contributed by atoms with Gasteiger partial charge < -0.3 is 14.4 Å². The predicted molar refractivity (Wildman–Crippen MR) is 75.6 cm³/mol. The van der Waals surface area contributed by atoms with Gasteiger partial charge in [-0.15, -0.1) is 0 Å².